The van der Waals surface area contributed by atoms with Crippen LogP contribution in [0.5, 0.6) is 5.75 Å². The molecule has 0 atom stereocenters. The fraction of sp³-hybridized carbons (Fsp3) is 0.130. The highest BCUT2D eigenvalue weighted by Gasteiger charge is 2.20. The molecule has 0 radical (unpaired) electrons. The van der Waals surface area contributed by atoms with E-state index in [0.29, 0.717) is 22.7 Å². The predicted molar refractivity (Wildman–Crippen MR) is 124 cm³/mol. The number of amides is 2. The molecule has 33 heavy (non-hydrogen) atoms. The van der Waals surface area contributed by atoms with Gasteiger partial charge in [0.2, 0.25) is 5.91 Å². The van der Waals surface area contributed by atoms with Crippen molar-refractivity contribution in [3.63, 3.8) is 0 Å². The van der Waals surface area contributed by atoms with Crippen molar-refractivity contribution in [1.29, 1.82) is 0 Å². The maximum Gasteiger partial charge on any atom is 0.262 e. The third-order valence-corrected chi connectivity index (χ3v) is 6.01. The van der Waals surface area contributed by atoms with E-state index in [-0.39, 0.29) is 22.1 Å². The molecule has 0 saturated heterocycles. The van der Waals surface area contributed by atoms with Gasteiger partial charge >= 0.3 is 0 Å². The average molecular weight is 472 g/mol. The summed E-state index contributed by atoms with van der Waals surface area (Å²) >= 11 is 0. The molecule has 0 aliphatic heterocycles. The topological polar surface area (TPSA) is 114 Å². The Bertz CT molecular complexity index is 1330. The second-order valence-corrected chi connectivity index (χ2v) is 8.79. The Kier molecular flexibility index (Phi) is 6.98. The third kappa shape index (κ3) is 5.66. The van der Waals surface area contributed by atoms with Crippen LogP contribution >= 0.6 is 0 Å². The van der Waals surface area contributed by atoms with E-state index in [2.05, 4.69) is 15.4 Å². The standard InChI is InChI=1S/C23H22FN3O5S/c1-14-8-10-17(33(30,31)27-20-7-5-4-6-19(20)24)13-18(14)23(29)26-16-9-11-22(32-3)21(12-16)25-15(2)28/h4-13,27H,1-3H3,(H,25,28)(H,26,29). The second kappa shape index (κ2) is 9.70. The van der Waals surface area contributed by atoms with E-state index in [4.69, 9.17) is 4.74 Å². The van der Waals surface area contributed by atoms with Gasteiger partial charge in [0.15, 0.2) is 0 Å². The zero-order chi connectivity index (χ0) is 24.2. The van der Waals surface area contributed by atoms with Gasteiger partial charge in [0.1, 0.15) is 11.6 Å². The first-order chi connectivity index (χ1) is 15.6. The number of carbonyl (C=O) groups is 2. The van der Waals surface area contributed by atoms with Crippen LogP contribution in [0.3, 0.4) is 0 Å². The average Bonchev–Trinajstić information content (AvgIpc) is 2.75. The molecule has 3 N–H and O–H groups in total. The Balaban J connectivity index is 1.88. The number of ether oxygens (including phenoxy) is 1. The van der Waals surface area contributed by atoms with Gasteiger partial charge in [0.05, 0.1) is 23.4 Å². The molecule has 0 saturated carbocycles. The molecule has 0 bridgehead atoms. The van der Waals surface area contributed by atoms with Gasteiger partial charge in [-0.1, -0.05) is 18.2 Å². The maximum atomic E-state index is 13.9. The number of para-hydroxylation sites is 1. The minimum Gasteiger partial charge on any atom is -0.495 e. The number of aryl methyl sites for hydroxylation is 1. The highest BCUT2D eigenvalue weighted by molar-refractivity contribution is 7.92. The van der Waals surface area contributed by atoms with E-state index in [0.717, 1.165) is 6.07 Å². The number of hydrogen-bond donors (Lipinski definition) is 3. The quantitative estimate of drug-likeness (QED) is 0.479. The van der Waals surface area contributed by atoms with Crippen molar-refractivity contribution < 1.29 is 27.1 Å². The minimum atomic E-state index is -4.14. The number of benzene rings is 3. The molecular formula is C23H22FN3O5S. The summed E-state index contributed by atoms with van der Waals surface area (Å²) in [4.78, 5) is 24.1. The highest BCUT2D eigenvalue weighted by Crippen LogP contribution is 2.28. The van der Waals surface area contributed by atoms with Crippen molar-refractivity contribution in [2.45, 2.75) is 18.7 Å². The van der Waals surface area contributed by atoms with Crippen molar-refractivity contribution in [2.24, 2.45) is 0 Å². The first kappa shape index (κ1) is 23.7. The number of anilines is 3. The van der Waals surface area contributed by atoms with E-state index in [1.165, 1.54) is 56.5 Å². The molecule has 3 rings (SSSR count). The van der Waals surface area contributed by atoms with Gasteiger partial charge in [-0.15, -0.1) is 0 Å². The van der Waals surface area contributed by atoms with Crippen LogP contribution in [-0.2, 0) is 14.8 Å². The number of rotatable bonds is 7. The Morgan fingerprint density at radius 3 is 2.33 bits per heavy atom. The second-order valence-electron chi connectivity index (χ2n) is 7.11. The van der Waals surface area contributed by atoms with Gasteiger partial charge < -0.3 is 15.4 Å². The number of methoxy groups -OCH3 is 1. The molecular weight excluding hydrogens is 449 g/mol. The number of carbonyl (C=O) groups excluding carboxylic acids is 2. The summed E-state index contributed by atoms with van der Waals surface area (Å²) in [5.74, 6) is -1.19. The summed E-state index contributed by atoms with van der Waals surface area (Å²) < 4.78 is 46.8. The molecule has 172 valence electrons. The van der Waals surface area contributed by atoms with E-state index >= 15 is 0 Å². The molecule has 2 amide bonds. The summed E-state index contributed by atoms with van der Waals surface area (Å²) in [7, 11) is -2.70. The summed E-state index contributed by atoms with van der Waals surface area (Å²) in [6, 6.07) is 14.1. The zero-order valence-corrected chi connectivity index (χ0v) is 18.9. The Morgan fingerprint density at radius 2 is 1.67 bits per heavy atom. The van der Waals surface area contributed by atoms with Crippen LogP contribution in [0.1, 0.15) is 22.8 Å². The van der Waals surface area contributed by atoms with Crippen LogP contribution in [0, 0.1) is 12.7 Å². The molecule has 0 aliphatic rings. The molecule has 0 spiro atoms. The van der Waals surface area contributed by atoms with Crippen molar-refractivity contribution in [2.75, 3.05) is 22.5 Å². The SMILES string of the molecule is COc1ccc(NC(=O)c2cc(S(=O)(=O)Nc3ccccc3F)ccc2C)cc1NC(C)=O. The summed E-state index contributed by atoms with van der Waals surface area (Å²) in [5, 5.41) is 5.29. The highest BCUT2D eigenvalue weighted by atomic mass is 32.2. The van der Waals surface area contributed by atoms with E-state index in [1.54, 1.807) is 19.1 Å². The number of hydrogen-bond acceptors (Lipinski definition) is 5. The maximum absolute atomic E-state index is 13.9. The monoisotopic (exact) mass is 471 g/mol. The van der Waals surface area contributed by atoms with Crippen molar-refractivity contribution in [1.82, 2.24) is 0 Å². The fourth-order valence-corrected chi connectivity index (χ4v) is 4.13. The Morgan fingerprint density at radius 1 is 0.939 bits per heavy atom. The fourth-order valence-electron chi connectivity index (χ4n) is 3.03. The minimum absolute atomic E-state index is 0.114. The zero-order valence-electron chi connectivity index (χ0n) is 18.1. The van der Waals surface area contributed by atoms with Crippen LogP contribution in [0.15, 0.2) is 65.6 Å². The molecule has 0 unspecified atom stereocenters. The number of halogens is 1. The van der Waals surface area contributed by atoms with Crippen LogP contribution in [0.4, 0.5) is 21.5 Å². The molecule has 0 aromatic heterocycles. The number of nitrogens with one attached hydrogen (secondary N) is 3. The van der Waals surface area contributed by atoms with Crippen molar-refractivity contribution >= 4 is 38.9 Å². The largest absolute Gasteiger partial charge is 0.495 e. The van der Waals surface area contributed by atoms with Gasteiger partial charge in [-0.3, -0.25) is 14.3 Å². The molecule has 0 fully saturated rings. The van der Waals surface area contributed by atoms with Gasteiger partial charge in [0, 0.05) is 18.2 Å². The molecule has 3 aromatic carbocycles. The molecule has 0 aliphatic carbocycles. The molecule has 8 nitrogen and oxygen atoms in total. The van der Waals surface area contributed by atoms with E-state index < -0.39 is 21.7 Å². The normalized spacial score (nSPS) is 10.9. The number of sulfonamides is 1. The lowest BCUT2D eigenvalue weighted by Crippen LogP contribution is -2.17. The molecule has 3 aromatic rings. The first-order valence-corrected chi connectivity index (χ1v) is 11.2. The van der Waals surface area contributed by atoms with Crippen LogP contribution in [0.2, 0.25) is 0 Å². The lowest BCUT2D eigenvalue weighted by atomic mass is 10.1. The van der Waals surface area contributed by atoms with Gasteiger partial charge in [-0.05, 0) is 55.0 Å². The Labute approximate surface area is 190 Å². The van der Waals surface area contributed by atoms with E-state index in [1.807, 2.05) is 0 Å². The van der Waals surface area contributed by atoms with Crippen molar-refractivity contribution in [3.05, 3.63) is 77.6 Å². The summed E-state index contributed by atoms with van der Waals surface area (Å²) in [6.45, 7) is 3.00. The lowest BCUT2D eigenvalue weighted by molar-refractivity contribution is -0.114. The van der Waals surface area contributed by atoms with E-state index in [9.17, 15) is 22.4 Å². The third-order valence-electron chi connectivity index (χ3n) is 4.65. The van der Waals surface area contributed by atoms with Crippen LogP contribution < -0.4 is 20.1 Å². The Hall–Kier alpha value is -3.92. The first-order valence-electron chi connectivity index (χ1n) is 9.75. The summed E-state index contributed by atoms with van der Waals surface area (Å²) in [6.07, 6.45) is 0. The van der Waals surface area contributed by atoms with Gasteiger partial charge in [-0.2, -0.15) is 0 Å². The van der Waals surface area contributed by atoms with Gasteiger partial charge in [0.25, 0.3) is 15.9 Å². The van der Waals surface area contributed by atoms with Crippen molar-refractivity contribution in [3.8, 4) is 5.75 Å². The smallest absolute Gasteiger partial charge is 0.262 e. The van der Waals surface area contributed by atoms with Crippen LogP contribution in [0.25, 0.3) is 0 Å². The van der Waals surface area contributed by atoms with Crippen LogP contribution in [-0.4, -0.2) is 27.3 Å². The predicted octanol–water partition coefficient (Wildman–Crippen LogP) is 4.15. The lowest BCUT2D eigenvalue weighted by Gasteiger charge is -2.14. The summed E-state index contributed by atoms with van der Waals surface area (Å²) in [5.41, 5.74) is 1.18. The molecule has 0 heterocycles. The molecule has 10 heteroatoms. The van der Waals surface area contributed by atoms with Gasteiger partial charge in [-0.25, -0.2) is 12.8 Å².